The minimum Gasteiger partial charge on any atom is -0.507 e. The maximum Gasteiger partial charge on any atom is 0.332 e. The van der Waals surface area contributed by atoms with Gasteiger partial charge in [-0.3, -0.25) is 4.57 Å². The highest BCUT2D eigenvalue weighted by atomic mass is 79.9. The van der Waals surface area contributed by atoms with Crippen molar-refractivity contribution in [1.82, 2.24) is 14.1 Å². The fraction of sp³-hybridized carbons (Fsp3) is 0.231. The van der Waals surface area contributed by atoms with E-state index in [0.717, 1.165) is 34.5 Å². The molecule has 0 bridgehead atoms. The number of imidazole rings is 1. The number of hydrogen-bond donors (Lipinski definition) is 1. The Balaban J connectivity index is 1.55. The third-order valence-corrected chi connectivity index (χ3v) is 7.04. The van der Waals surface area contributed by atoms with Gasteiger partial charge in [-0.25, -0.2) is 9.78 Å². The lowest BCUT2D eigenvalue weighted by atomic mass is 9.97. The molecular weight excluding hydrogens is 516 g/mol. The smallest absolute Gasteiger partial charge is 0.332 e. The number of piperidine rings is 1. The van der Waals surface area contributed by atoms with Crippen molar-refractivity contribution in [2.75, 3.05) is 18.0 Å². The Labute approximate surface area is 211 Å². The predicted molar refractivity (Wildman–Crippen MR) is 140 cm³/mol. The second-order valence-electron chi connectivity index (χ2n) is 8.53. The number of halogens is 2. The second kappa shape index (κ2) is 9.31. The van der Waals surface area contributed by atoms with Crippen LogP contribution in [0, 0.1) is 0 Å². The molecule has 5 rings (SSSR count). The molecule has 0 atom stereocenters. The van der Waals surface area contributed by atoms with Crippen LogP contribution in [-0.4, -0.2) is 32.3 Å². The van der Waals surface area contributed by atoms with E-state index in [1.165, 1.54) is 28.4 Å². The number of nitrogens with zero attached hydrogens (tertiary/aromatic N) is 4. The van der Waals surface area contributed by atoms with Crippen LogP contribution in [0.25, 0.3) is 27.9 Å². The summed E-state index contributed by atoms with van der Waals surface area (Å²) in [7, 11) is 1.69. The number of benzene rings is 2. The molecule has 6 nitrogen and oxygen atoms in total. The SMILES string of the molecule is Cn1ccn(-c2ccc(-c3cc(Br)cc(-c4ccnc(N5CCCCC5)c4)c3O)cc2Cl)c1=O. The average Bonchev–Trinajstić information content (AvgIpc) is 3.18. The molecule has 4 aromatic rings. The largest absolute Gasteiger partial charge is 0.507 e. The molecule has 1 aliphatic heterocycles. The van der Waals surface area contributed by atoms with E-state index in [1.54, 1.807) is 37.8 Å². The summed E-state index contributed by atoms with van der Waals surface area (Å²) in [5, 5.41) is 11.7. The van der Waals surface area contributed by atoms with E-state index in [0.29, 0.717) is 21.8 Å². The van der Waals surface area contributed by atoms with Crippen LogP contribution in [0.5, 0.6) is 5.75 Å². The third-order valence-electron chi connectivity index (χ3n) is 6.28. The lowest BCUT2D eigenvalue weighted by molar-refractivity contribution is 0.479. The molecular formula is C26H24BrClN4O2. The molecule has 1 aliphatic rings. The average molecular weight is 540 g/mol. The summed E-state index contributed by atoms with van der Waals surface area (Å²) in [5.41, 5.74) is 3.42. The molecule has 0 aliphatic carbocycles. The van der Waals surface area contributed by atoms with Gasteiger partial charge >= 0.3 is 5.69 Å². The van der Waals surface area contributed by atoms with Crippen molar-refractivity contribution in [3.05, 3.63) is 81.0 Å². The second-order valence-corrected chi connectivity index (χ2v) is 9.85. The Morgan fingerprint density at radius 1 is 0.971 bits per heavy atom. The van der Waals surface area contributed by atoms with Gasteiger partial charge in [0.15, 0.2) is 0 Å². The first-order valence-electron chi connectivity index (χ1n) is 11.2. The van der Waals surface area contributed by atoms with Crippen molar-refractivity contribution >= 4 is 33.3 Å². The van der Waals surface area contributed by atoms with Gasteiger partial charge < -0.3 is 14.6 Å². The minimum atomic E-state index is -0.176. The normalized spacial score (nSPS) is 13.9. The van der Waals surface area contributed by atoms with Gasteiger partial charge in [0.05, 0.1) is 10.7 Å². The van der Waals surface area contributed by atoms with Gasteiger partial charge in [0.25, 0.3) is 0 Å². The van der Waals surface area contributed by atoms with Gasteiger partial charge in [0.1, 0.15) is 11.6 Å². The molecule has 8 heteroatoms. The van der Waals surface area contributed by atoms with Crippen LogP contribution in [0.1, 0.15) is 19.3 Å². The molecule has 34 heavy (non-hydrogen) atoms. The first-order valence-corrected chi connectivity index (χ1v) is 12.4. The lowest BCUT2D eigenvalue weighted by Crippen LogP contribution is -2.30. The van der Waals surface area contributed by atoms with Crippen molar-refractivity contribution in [3.63, 3.8) is 0 Å². The van der Waals surface area contributed by atoms with E-state index in [4.69, 9.17) is 11.6 Å². The zero-order chi connectivity index (χ0) is 23.8. The van der Waals surface area contributed by atoms with Crippen LogP contribution in [0.15, 0.2) is 70.3 Å². The van der Waals surface area contributed by atoms with Gasteiger partial charge in [0.2, 0.25) is 0 Å². The van der Waals surface area contributed by atoms with Crippen LogP contribution in [0.3, 0.4) is 0 Å². The van der Waals surface area contributed by atoms with Crippen molar-refractivity contribution < 1.29 is 5.11 Å². The van der Waals surface area contributed by atoms with Crippen molar-refractivity contribution in [2.24, 2.45) is 7.05 Å². The van der Waals surface area contributed by atoms with Gasteiger partial charge in [-0.15, -0.1) is 0 Å². The van der Waals surface area contributed by atoms with Crippen molar-refractivity contribution in [2.45, 2.75) is 19.3 Å². The fourth-order valence-electron chi connectivity index (χ4n) is 4.44. The number of hydrogen-bond acceptors (Lipinski definition) is 4. The monoisotopic (exact) mass is 538 g/mol. The molecule has 0 radical (unpaired) electrons. The van der Waals surface area contributed by atoms with Gasteiger partial charge in [-0.05, 0) is 66.8 Å². The zero-order valence-corrected chi connectivity index (χ0v) is 21.1. The molecule has 0 spiro atoms. The summed E-state index contributed by atoms with van der Waals surface area (Å²) in [6, 6.07) is 13.1. The summed E-state index contributed by atoms with van der Waals surface area (Å²) in [4.78, 5) is 19.2. The number of anilines is 1. The maximum absolute atomic E-state index is 12.3. The van der Waals surface area contributed by atoms with E-state index in [-0.39, 0.29) is 11.4 Å². The molecule has 1 N–H and O–H groups in total. The van der Waals surface area contributed by atoms with Crippen LogP contribution in [-0.2, 0) is 7.05 Å². The Kier molecular flexibility index (Phi) is 6.23. The summed E-state index contributed by atoms with van der Waals surface area (Å²) in [6.07, 6.45) is 8.76. The Morgan fingerprint density at radius 2 is 1.68 bits per heavy atom. The fourth-order valence-corrected chi connectivity index (χ4v) is 5.17. The number of phenols is 1. The molecule has 174 valence electrons. The molecule has 0 saturated carbocycles. The molecule has 3 heterocycles. The number of aromatic hydroxyl groups is 1. The molecule has 0 unspecified atom stereocenters. The third kappa shape index (κ3) is 4.26. The lowest BCUT2D eigenvalue weighted by Gasteiger charge is -2.28. The predicted octanol–water partition coefficient (Wildman–Crippen LogP) is 6.02. The maximum atomic E-state index is 12.3. The summed E-state index contributed by atoms with van der Waals surface area (Å²) >= 11 is 10.2. The Hall–Kier alpha value is -3.03. The van der Waals surface area contributed by atoms with E-state index in [9.17, 15) is 9.90 Å². The van der Waals surface area contributed by atoms with Crippen molar-refractivity contribution in [1.29, 1.82) is 0 Å². The molecule has 2 aromatic heterocycles. The number of rotatable bonds is 4. The van der Waals surface area contributed by atoms with Crippen LogP contribution in [0.4, 0.5) is 5.82 Å². The highest BCUT2D eigenvalue weighted by Gasteiger charge is 2.17. The quantitative estimate of drug-likeness (QED) is 0.345. The summed E-state index contributed by atoms with van der Waals surface area (Å²) in [6.45, 7) is 2.00. The highest BCUT2D eigenvalue weighted by Crippen LogP contribution is 2.42. The van der Waals surface area contributed by atoms with Crippen molar-refractivity contribution in [3.8, 4) is 33.7 Å². The van der Waals surface area contributed by atoms with Gasteiger partial charge in [-0.1, -0.05) is 33.6 Å². The van der Waals surface area contributed by atoms with E-state index >= 15 is 0 Å². The standard InChI is InChI=1S/C26H24BrClN4O2/c1-30-11-12-32(26(30)34)23-6-5-17(13-22(23)28)20-15-19(27)16-21(25(20)33)18-7-8-29-24(14-18)31-9-3-2-4-10-31/h5-8,11-16,33H,2-4,9-10H2,1H3. The van der Waals surface area contributed by atoms with Crippen LogP contribution >= 0.6 is 27.5 Å². The van der Waals surface area contributed by atoms with Gasteiger partial charge in [0, 0.05) is 54.3 Å². The Morgan fingerprint density at radius 3 is 2.32 bits per heavy atom. The summed E-state index contributed by atoms with van der Waals surface area (Å²) < 4.78 is 3.83. The van der Waals surface area contributed by atoms with E-state index < -0.39 is 0 Å². The molecule has 1 saturated heterocycles. The first kappa shape index (κ1) is 22.7. The first-order chi connectivity index (χ1) is 16.4. The highest BCUT2D eigenvalue weighted by molar-refractivity contribution is 9.10. The topological polar surface area (TPSA) is 63.3 Å². The summed E-state index contributed by atoms with van der Waals surface area (Å²) in [5.74, 6) is 1.10. The Bertz CT molecular complexity index is 1420. The van der Waals surface area contributed by atoms with E-state index in [1.807, 2.05) is 30.3 Å². The van der Waals surface area contributed by atoms with E-state index in [2.05, 4.69) is 25.8 Å². The number of aromatic nitrogens is 3. The number of pyridine rings is 1. The molecule has 1 fully saturated rings. The minimum absolute atomic E-state index is 0.166. The zero-order valence-electron chi connectivity index (χ0n) is 18.7. The number of aryl methyl sites for hydroxylation is 1. The number of phenolic OH excluding ortho intramolecular Hbond substituents is 1. The molecule has 0 amide bonds. The molecule has 2 aromatic carbocycles. The van der Waals surface area contributed by atoms with Crippen LogP contribution in [0.2, 0.25) is 5.02 Å². The van der Waals surface area contributed by atoms with Gasteiger partial charge in [-0.2, -0.15) is 0 Å². The van der Waals surface area contributed by atoms with Crippen LogP contribution < -0.4 is 10.6 Å².